The molecule has 9 heteroatoms. The Morgan fingerprint density at radius 3 is 2.70 bits per heavy atom. The minimum atomic E-state index is -1.13. The van der Waals surface area contributed by atoms with Crippen LogP contribution >= 0.6 is 11.3 Å². The number of rotatable bonds is 6. The van der Waals surface area contributed by atoms with Gasteiger partial charge in [-0.1, -0.05) is 11.3 Å². The van der Waals surface area contributed by atoms with E-state index in [0.717, 1.165) is 22.9 Å². The third kappa shape index (κ3) is 4.56. The van der Waals surface area contributed by atoms with Crippen LogP contribution in [0.1, 0.15) is 17.3 Å². The highest BCUT2D eigenvalue weighted by Crippen LogP contribution is 2.29. The highest BCUT2D eigenvalue weighted by molar-refractivity contribution is 7.22. The van der Waals surface area contributed by atoms with E-state index in [2.05, 4.69) is 15.6 Å². The van der Waals surface area contributed by atoms with Gasteiger partial charge in [0.2, 0.25) is 5.91 Å². The number of ether oxygens (including phenoxy) is 1. The first-order valence-electron chi connectivity index (χ1n) is 8.02. The predicted octanol–water partition coefficient (Wildman–Crippen LogP) is 3.34. The number of carbonyl (C=O) groups excluding carboxylic acids is 2. The lowest BCUT2D eigenvalue weighted by Crippen LogP contribution is -2.32. The van der Waals surface area contributed by atoms with Crippen LogP contribution in [0.4, 0.5) is 13.9 Å². The number of hydrogen-bond donors (Lipinski definition) is 2. The fourth-order valence-electron chi connectivity index (χ4n) is 2.28. The summed E-state index contributed by atoms with van der Waals surface area (Å²) in [7, 11) is 0. The lowest BCUT2D eigenvalue weighted by atomic mass is 10.2. The minimum Gasteiger partial charge on any atom is -0.494 e. The monoisotopic (exact) mass is 391 g/mol. The molecule has 0 saturated heterocycles. The third-order valence-electron chi connectivity index (χ3n) is 3.51. The summed E-state index contributed by atoms with van der Waals surface area (Å²) < 4.78 is 32.3. The maximum absolute atomic E-state index is 13.2. The Kier molecular flexibility index (Phi) is 5.60. The number of amides is 2. The SMILES string of the molecule is CCOc1ccc2nc(NC(=O)CNC(=O)c3ccc(F)c(F)c3)sc2c1. The number of nitrogens with one attached hydrogen (secondary N) is 2. The summed E-state index contributed by atoms with van der Waals surface area (Å²) >= 11 is 1.27. The van der Waals surface area contributed by atoms with Gasteiger partial charge >= 0.3 is 0 Å². The molecule has 3 rings (SSSR count). The molecule has 0 aliphatic rings. The van der Waals surface area contributed by atoms with Crippen molar-refractivity contribution in [1.29, 1.82) is 0 Å². The molecule has 2 amide bonds. The summed E-state index contributed by atoms with van der Waals surface area (Å²) in [5, 5.41) is 5.31. The minimum absolute atomic E-state index is 0.0786. The summed E-state index contributed by atoms with van der Waals surface area (Å²) in [5.41, 5.74) is 0.634. The van der Waals surface area contributed by atoms with Crippen molar-refractivity contribution in [3.8, 4) is 5.75 Å². The van der Waals surface area contributed by atoms with Crippen molar-refractivity contribution in [2.75, 3.05) is 18.5 Å². The number of halogens is 2. The average Bonchev–Trinajstić information content (AvgIpc) is 3.03. The van der Waals surface area contributed by atoms with Gasteiger partial charge < -0.3 is 15.4 Å². The summed E-state index contributed by atoms with van der Waals surface area (Å²) in [6, 6.07) is 8.16. The Hall–Kier alpha value is -3.07. The number of fused-ring (bicyclic) bond motifs is 1. The Bertz CT molecular complexity index is 1010. The van der Waals surface area contributed by atoms with Crippen molar-refractivity contribution in [3.63, 3.8) is 0 Å². The zero-order chi connectivity index (χ0) is 19.4. The van der Waals surface area contributed by atoms with Gasteiger partial charge in [-0.3, -0.25) is 9.59 Å². The number of nitrogens with zero attached hydrogens (tertiary/aromatic N) is 1. The predicted molar refractivity (Wildman–Crippen MR) is 98.1 cm³/mol. The lowest BCUT2D eigenvalue weighted by Gasteiger charge is -2.05. The van der Waals surface area contributed by atoms with Crippen LogP contribution in [0.15, 0.2) is 36.4 Å². The summed E-state index contributed by atoms with van der Waals surface area (Å²) in [6.07, 6.45) is 0. The van der Waals surface area contributed by atoms with Crippen LogP contribution in [0.2, 0.25) is 0 Å². The normalized spacial score (nSPS) is 10.6. The Morgan fingerprint density at radius 1 is 1.15 bits per heavy atom. The van der Waals surface area contributed by atoms with E-state index < -0.39 is 23.4 Å². The van der Waals surface area contributed by atoms with Crippen LogP contribution in [0.5, 0.6) is 5.75 Å². The number of aromatic nitrogens is 1. The molecule has 0 atom stereocenters. The quantitative estimate of drug-likeness (QED) is 0.675. The van der Waals surface area contributed by atoms with E-state index in [1.807, 2.05) is 13.0 Å². The number of anilines is 1. The van der Waals surface area contributed by atoms with Crippen LogP contribution in [0.25, 0.3) is 10.2 Å². The second kappa shape index (κ2) is 8.09. The summed E-state index contributed by atoms with van der Waals surface area (Å²) in [5.74, 6) is -2.64. The molecular weight excluding hydrogens is 376 g/mol. The second-order valence-corrected chi connectivity index (χ2v) is 6.47. The first kappa shape index (κ1) is 18.7. The number of benzene rings is 2. The van der Waals surface area contributed by atoms with E-state index >= 15 is 0 Å². The molecule has 0 fully saturated rings. The number of thiazole rings is 1. The molecule has 0 radical (unpaired) electrons. The van der Waals surface area contributed by atoms with Gasteiger partial charge in [0.1, 0.15) is 5.75 Å². The smallest absolute Gasteiger partial charge is 0.251 e. The molecule has 0 aliphatic heterocycles. The average molecular weight is 391 g/mol. The van der Waals surface area contributed by atoms with Gasteiger partial charge in [0.05, 0.1) is 23.4 Å². The number of carbonyl (C=O) groups is 2. The van der Waals surface area contributed by atoms with Gasteiger partial charge in [-0.25, -0.2) is 13.8 Å². The molecule has 0 spiro atoms. The molecule has 2 aromatic carbocycles. The van der Waals surface area contributed by atoms with Crippen molar-refractivity contribution in [2.45, 2.75) is 6.92 Å². The Morgan fingerprint density at radius 2 is 1.96 bits per heavy atom. The van der Waals surface area contributed by atoms with Gasteiger partial charge in [-0.15, -0.1) is 0 Å². The Labute approximate surface area is 157 Å². The first-order chi connectivity index (χ1) is 13.0. The lowest BCUT2D eigenvalue weighted by molar-refractivity contribution is -0.115. The molecule has 3 aromatic rings. The molecule has 2 N–H and O–H groups in total. The topological polar surface area (TPSA) is 80.3 Å². The fraction of sp³-hybridized carbons (Fsp3) is 0.167. The summed E-state index contributed by atoms with van der Waals surface area (Å²) in [4.78, 5) is 28.2. The Balaban J connectivity index is 1.59. The van der Waals surface area contributed by atoms with Gasteiger partial charge in [0, 0.05) is 5.56 Å². The third-order valence-corrected chi connectivity index (χ3v) is 4.44. The molecule has 0 aliphatic carbocycles. The molecule has 140 valence electrons. The van der Waals surface area contributed by atoms with E-state index in [0.29, 0.717) is 23.0 Å². The van der Waals surface area contributed by atoms with Crippen LogP contribution < -0.4 is 15.4 Å². The van der Waals surface area contributed by atoms with E-state index in [-0.39, 0.29) is 12.1 Å². The molecule has 6 nitrogen and oxygen atoms in total. The standard InChI is InChI=1S/C18H15F2N3O3S/c1-2-26-11-4-6-14-15(8-11)27-18(22-14)23-16(24)9-21-17(25)10-3-5-12(19)13(20)7-10/h3-8H,2,9H2,1H3,(H,21,25)(H,22,23,24). The van der Waals surface area contributed by atoms with E-state index in [4.69, 9.17) is 4.74 Å². The zero-order valence-corrected chi connectivity index (χ0v) is 15.0. The molecular formula is C18H15F2N3O3S. The van der Waals surface area contributed by atoms with Crippen molar-refractivity contribution in [3.05, 3.63) is 53.6 Å². The van der Waals surface area contributed by atoms with E-state index in [1.54, 1.807) is 12.1 Å². The van der Waals surface area contributed by atoms with Crippen LogP contribution in [0, 0.1) is 11.6 Å². The second-order valence-electron chi connectivity index (χ2n) is 5.44. The molecule has 0 unspecified atom stereocenters. The molecule has 27 heavy (non-hydrogen) atoms. The van der Waals surface area contributed by atoms with Crippen LogP contribution in [-0.4, -0.2) is 29.9 Å². The van der Waals surface area contributed by atoms with Crippen LogP contribution in [0.3, 0.4) is 0 Å². The van der Waals surface area contributed by atoms with Crippen molar-refractivity contribution < 1.29 is 23.1 Å². The summed E-state index contributed by atoms with van der Waals surface area (Å²) in [6.45, 7) is 2.10. The molecule has 1 aromatic heterocycles. The molecule has 0 bridgehead atoms. The van der Waals surface area contributed by atoms with Crippen LogP contribution in [-0.2, 0) is 4.79 Å². The molecule has 0 saturated carbocycles. The molecule has 1 heterocycles. The van der Waals surface area contributed by atoms with Gasteiger partial charge in [-0.2, -0.15) is 0 Å². The van der Waals surface area contributed by atoms with E-state index in [1.165, 1.54) is 11.3 Å². The van der Waals surface area contributed by atoms with Crippen molar-refractivity contribution in [2.24, 2.45) is 0 Å². The largest absolute Gasteiger partial charge is 0.494 e. The van der Waals surface area contributed by atoms with E-state index in [9.17, 15) is 18.4 Å². The number of hydrogen-bond acceptors (Lipinski definition) is 5. The van der Waals surface area contributed by atoms with Gasteiger partial charge in [0.25, 0.3) is 5.91 Å². The zero-order valence-electron chi connectivity index (χ0n) is 14.2. The van der Waals surface area contributed by atoms with Crippen molar-refractivity contribution >= 4 is 38.5 Å². The fourth-order valence-corrected chi connectivity index (χ4v) is 3.19. The van der Waals surface area contributed by atoms with Gasteiger partial charge in [0.15, 0.2) is 16.8 Å². The highest BCUT2D eigenvalue weighted by atomic mass is 32.1. The maximum Gasteiger partial charge on any atom is 0.251 e. The van der Waals surface area contributed by atoms with Gasteiger partial charge in [-0.05, 0) is 43.3 Å². The highest BCUT2D eigenvalue weighted by Gasteiger charge is 2.13. The maximum atomic E-state index is 13.2. The first-order valence-corrected chi connectivity index (χ1v) is 8.84. The van der Waals surface area contributed by atoms with Crippen molar-refractivity contribution in [1.82, 2.24) is 10.3 Å².